The van der Waals surface area contributed by atoms with Gasteiger partial charge in [-0.25, -0.2) is 13.4 Å². The zero-order chi connectivity index (χ0) is 22.4. The van der Waals surface area contributed by atoms with Crippen LogP contribution in [0.15, 0.2) is 26.8 Å². The number of aliphatic hydroxyl groups is 1. The Labute approximate surface area is 191 Å². The lowest BCUT2D eigenvalue weighted by Gasteiger charge is -2.32. The highest BCUT2D eigenvalue weighted by Gasteiger charge is 2.31. The van der Waals surface area contributed by atoms with Crippen LogP contribution in [0.5, 0.6) is 5.88 Å². The third-order valence-corrected chi connectivity index (χ3v) is 7.91. The molecule has 0 bridgehead atoms. The molecule has 1 saturated carbocycles. The Kier molecular flexibility index (Phi) is 8.25. The van der Waals surface area contributed by atoms with E-state index in [4.69, 9.17) is 10.5 Å². The van der Waals surface area contributed by atoms with Gasteiger partial charge in [-0.05, 0) is 48.0 Å². The summed E-state index contributed by atoms with van der Waals surface area (Å²) in [6.45, 7) is 0.700. The molecule has 1 aliphatic carbocycles. The summed E-state index contributed by atoms with van der Waals surface area (Å²) in [6.07, 6.45) is 7.87. The zero-order valence-electron chi connectivity index (χ0n) is 17.4. The molecule has 0 radical (unpaired) electrons. The number of nitrogens with one attached hydrogen (secondary N) is 1. The highest BCUT2D eigenvalue weighted by molar-refractivity contribution is 9.10. The van der Waals surface area contributed by atoms with Crippen molar-refractivity contribution >= 4 is 38.1 Å². The van der Waals surface area contributed by atoms with Gasteiger partial charge in [-0.1, -0.05) is 6.42 Å². The normalized spacial score (nSPS) is 24.4. The van der Waals surface area contributed by atoms with Crippen LogP contribution in [0.2, 0.25) is 0 Å². The Morgan fingerprint density at radius 1 is 1.35 bits per heavy atom. The molecule has 2 aliphatic rings. The number of hydrogen-bond donors (Lipinski definition) is 3. The summed E-state index contributed by atoms with van der Waals surface area (Å²) >= 11 is 3.41. The lowest BCUT2D eigenvalue weighted by molar-refractivity contribution is 0.00408. The number of halogens is 1. The quantitative estimate of drug-likeness (QED) is 0.463. The summed E-state index contributed by atoms with van der Waals surface area (Å²) in [7, 11) is -2.16. The minimum absolute atomic E-state index is 0.00987. The summed E-state index contributed by atoms with van der Waals surface area (Å²) < 4.78 is 33.3. The first-order valence-corrected chi connectivity index (χ1v) is 12.6. The molecule has 0 amide bonds. The van der Waals surface area contributed by atoms with Crippen molar-refractivity contribution < 1.29 is 18.3 Å². The lowest BCUT2D eigenvalue weighted by atomic mass is 9.95. The van der Waals surface area contributed by atoms with E-state index in [1.54, 1.807) is 6.20 Å². The number of aliphatic hydroxyl groups excluding tert-OH is 1. The molecule has 3 rings (SSSR count). The van der Waals surface area contributed by atoms with Crippen LogP contribution in [0.3, 0.4) is 0 Å². The maximum absolute atomic E-state index is 12.7. The monoisotopic (exact) mass is 516 g/mol. The van der Waals surface area contributed by atoms with E-state index in [9.17, 15) is 13.5 Å². The van der Waals surface area contributed by atoms with Crippen molar-refractivity contribution in [3.8, 4) is 5.88 Å². The van der Waals surface area contributed by atoms with Crippen molar-refractivity contribution in [2.45, 2.75) is 56.8 Å². The number of allylic oxidation sites excluding steroid dienone is 1. The van der Waals surface area contributed by atoms with Crippen LogP contribution in [-0.4, -0.2) is 72.4 Å². The van der Waals surface area contributed by atoms with Crippen molar-refractivity contribution in [1.29, 1.82) is 0 Å². The first-order chi connectivity index (χ1) is 14.8. The van der Waals surface area contributed by atoms with Crippen LogP contribution < -0.4 is 15.8 Å². The minimum Gasteiger partial charge on any atom is -0.471 e. The molecule has 0 unspecified atom stereocenters. The van der Waals surface area contributed by atoms with Gasteiger partial charge in [-0.3, -0.25) is 4.99 Å². The highest BCUT2D eigenvalue weighted by atomic mass is 79.9. The Bertz CT molecular complexity index is 918. The van der Waals surface area contributed by atoms with Gasteiger partial charge in [0.25, 0.3) is 0 Å². The molecule has 172 valence electrons. The molecule has 2 atom stereocenters. The molecular weight excluding hydrogens is 488 g/mol. The van der Waals surface area contributed by atoms with Gasteiger partial charge in [0.2, 0.25) is 21.9 Å². The maximum atomic E-state index is 12.7. The van der Waals surface area contributed by atoms with Crippen molar-refractivity contribution in [3.63, 3.8) is 0 Å². The Balaban J connectivity index is 1.60. The molecule has 2 fully saturated rings. The number of nitrogens with zero attached hydrogens (tertiary/aromatic N) is 4. The molecule has 12 heteroatoms. The number of rotatable bonds is 7. The van der Waals surface area contributed by atoms with Crippen molar-refractivity contribution in [2.75, 3.05) is 25.5 Å². The molecule has 2 heterocycles. The van der Waals surface area contributed by atoms with Gasteiger partial charge in [-0.2, -0.15) is 9.29 Å². The van der Waals surface area contributed by atoms with Crippen molar-refractivity contribution in [1.82, 2.24) is 14.3 Å². The molecule has 1 aliphatic heterocycles. The standard InChI is InChI=1S/C19H29BrN6O4S/c1-22-11-14(10-21)31(28,29)26-8-6-13(7-9-26)24-19-23-12-15(20)18(25-19)30-17-5-3-2-4-16(17)27/h10-13,16-17,27H,2-9,21H2,1H3,(H,23,24,25)/b14-10+,22-11?/t16-,17+/m1/s1. The topological polar surface area (TPSA) is 143 Å². The van der Waals surface area contributed by atoms with Gasteiger partial charge in [0.15, 0.2) is 0 Å². The van der Waals surface area contributed by atoms with Crippen molar-refractivity contribution in [2.24, 2.45) is 10.7 Å². The van der Waals surface area contributed by atoms with Crippen LogP contribution in [0.25, 0.3) is 0 Å². The second-order valence-electron chi connectivity index (χ2n) is 7.63. The summed E-state index contributed by atoms with van der Waals surface area (Å²) in [6, 6.07) is 0.0193. The van der Waals surface area contributed by atoms with Crippen molar-refractivity contribution in [3.05, 3.63) is 21.8 Å². The number of sulfonamides is 1. The summed E-state index contributed by atoms with van der Waals surface area (Å²) in [5.41, 5.74) is 5.46. The van der Waals surface area contributed by atoms with Gasteiger partial charge in [0.05, 0.1) is 16.8 Å². The number of anilines is 1. The van der Waals surface area contributed by atoms with E-state index in [2.05, 4.69) is 36.2 Å². The zero-order valence-corrected chi connectivity index (χ0v) is 19.8. The van der Waals surface area contributed by atoms with E-state index in [1.165, 1.54) is 17.6 Å². The minimum atomic E-state index is -3.66. The second kappa shape index (κ2) is 10.7. The number of nitrogens with two attached hydrogens (primary N) is 1. The molecule has 1 aromatic heterocycles. The first kappa shape index (κ1) is 23.9. The highest BCUT2D eigenvalue weighted by Crippen LogP contribution is 2.29. The number of aliphatic imine (C=N–C) groups is 1. The predicted octanol–water partition coefficient (Wildman–Crippen LogP) is 1.63. The summed E-state index contributed by atoms with van der Waals surface area (Å²) in [5.74, 6) is 0.797. The molecule has 4 N–H and O–H groups in total. The van der Waals surface area contributed by atoms with Gasteiger partial charge in [-0.15, -0.1) is 0 Å². The fourth-order valence-corrected chi connectivity index (χ4v) is 5.44. The van der Waals surface area contributed by atoms with E-state index in [1.807, 2.05) is 0 Å². The van der Waals surface area contributed by atoms with Gasteiger partial charge < -0.3 is 20.9 Å². The third kappa shape index (κ3) is 5.93. The molecular formula is C19H29BrN6O4S. The smallest absolute Gasteiger partial charge is 0.246 e. The Morgan fingerprint density at radius 2 is 2.06 bits per heavy atom. The number of ether oxygens (including phenoxy) is 1. The largest absolute Gasteiger partial charge is 0.471 e. The average molecular weight is 517 g/mol. The molecule has 0 aromatic carbocycles. The van der Waals surface area contributed by atoms with Gasteiger partial charge in [0.1, 0.15) is 11.0 Å². The van der Waals surface area contributed by atoms with Gasteiger partial charge >= 0.3 is 0 Å². The van der Waals surface area contributed by atoms with Gasteiger partial charge in [0, 0.05) is 38.6 Å². The molecule has 1 aromatic rings. The maximum Gasteiger partial charge on any atom is 0.246 e. The molecule has 1 saturated heterocycles. The first-order valence-electron chi connectivity index (χ1n) is 10.3. The second-order valence-corrected chi connectivity index (χ2v) is 10.4. The van der Waals surface area contributed by atoms with Crippen LogP contribution in [0.1, 0.15) is 38.5 Å². The molecule has 31 heavy (non-hydrogen) atoms. The van der Waals surface area contributed by atoms with E-state index in [0.29, 0.717) is 42.2 Å². The van der Waals surface area contributed by atoms with E-state index in [-0.39, 0.29) is 17.1 Å². The predicted molar refractivity (Wildman–Crippen MR) is 122 cm³/mol. The summed E-state index contributed by atoms with van der Waals surface area (Å²) in [5, 5.41) is 13.4. The Morgan fingerprint density at radius 3 is 2.71 bits per heavy atom. The van der Waals surface area contributed by atoms with E-state index in [0.717, 1.165) is 31.9 Å². The SMILES string of the molecule is CN=C/C(=C\N)S(=O)(=O)N1CCC(Nc2ncc(Br)c(O[C@H]3CCCC[C@H]3O)n2)CC1. The third-order valence-electron chi connectivity index (χ3n) is 5.49. The number of piperidine rings is 1. The Hall–Kier alpha value is -1.76. The lowest BCUT2D eigenvalue weighted by Crippen LogP contribution is -2.43. The van der Waals surface area contributed by atoms with Crippen LogP contribution in [-0.2, 0) is 10.0 Å². The molecule has 10 nitrogen and oxygen atoms in total. The average Bonchev–Trinajstić information content (AvgIpc) is 2.76. The molecule has 0 spiro atoms. The van der Waals surface area contributed by atoms with E-state index < -0.39 is 16.1 Å². The fraction of sp³-hybridized carbons (Fsp3) is 0.632. The van der Waals surface area contributed by atoms with E-state index >= 15 is 0 Å². The van der Waals surface area contributed by atoms with Crippen LogP contribution in [0, 0.1) is 0 Å². The number of aromatic nitrogens is 2. The fourth-order valence-electron chi connectivity index (χ4n) is 3.76. The summed E-state index contributed by atoms with van der Waals surface area (Å²) in [4.78, 5) is 12.5. The van der Waals surface area contributed by atoms with Crippen LogP contribution >= 0.6 is 15.9 Å². The number of hydrogen-bond acceptors (Lipinski definition) is 9. The van der Waals surface area contributed by atoms with Crippen LogP contribution in [0.4, 0.5) is 5.95 Å².